The first-order valence-corrected chi connectivity index (χ1v) is 12.9. The number of H-pyrrole nitrogens is 1. The van der Waals surface area contributed by atoms with Gasteiger partial charge in [-0.3, -0.25) is 13.9 Å². The summed E-state index contributed by atoms with van der Waals surface area (Å²) in [6.07, 6.45) is -3.59. The number of nitrogens with zero attached hydrogens (tertiary/aromatic N) is 4. The second kappa shape index (κ2) is 12.3. The van der Waals surface area contributed by atoms with Crippen LogP contribution in [0.25, 0.3) is 22.2 Å². The largest absolute Gasteiger partial charge is 0.493 e. The molecule has 0 aliphatic carbocycles. The number of aromatic nitrogens is 5. The van der Waals surface area contributed by atoms with Gasteiger partial charge in [-0.15, -0.1) is 10.2 Å². The first-order chi connectivity index (χ1) is 21.3. The van der Waals surface area contributed by atoms with Crippen LogP contribution in [-0.2, 0) is 31.2 Å². The number of benzene rings is 3. The summed E-state index contributed by atoms with van der Waals surface area (Å²) in [5, 5.41) is 9.78. The van der Waals surface area contributed by atoms with Crippen LogP contribution in [0.4, 0.5) is 32.0 Å². The van der Waals surface area contributed by atoms with Crippen molar-refractivity contribution in [3.05, 3.63) is 82.5 Å². The van der Waals surface area contributed by atoms with E-state index >= 15 is 4.39 Å². The van der Waals surface area contributed by atoms with E-state index in [0.29, 0.717) is 6.07 Å². The summed E-state index contributed by atoms with van der Waals surface area (Å²) < 4.78 is 99.2. The van der Waals surface area contributed by atoms with Crippen molar-refractivity contribution in [3.63, 3.8) is 0 Å². The van der Waals surface area contributed by atoms with E-state index in [1.54, 1.807) is 0 Å². The molecule has 3 aromatic carbocycles. The number of alkyl halides is 5. The number of ether oxygens (including phenoxy) is 3. The molecule has 2 aromatic heterocycles. The second-order valence-corrected chi connectivity index (χ2v) is 9.48. The van der Waals surface area contributed by atoms with Gasteiger partial charge in [0.1, 0.15) is 25.2 Å². The van der Waals surface area contributed by atoms with E-state index in [0.717, 1.165) is 21.3 Å². The number of carbonyl (C=O) groups excluding carboxylic acids is 1. The molecule has 2 heterocycles. The molecule has 0 fully saturated rings. The van der Waals surface area contributed by atoms with Crippen LogP contribution in [0.15, 0.2) is 59.7 Å². The normalized spacial score (nSPS) is 11.7. The Morgan fingerprint density at radius 3 is 2.47 bits per heavy atom. The minimum Gasteiger partial charge on any atom is -0.493 e. The SMILES string of the molecule is COc1cc(-c2cc(C(F)(F)F)cc3c2n(C)c(=O)n3CC(=O)Nc2ccc(OC(F)F)cc2)cc(F)c1OCc1nnc[nH]1. The highest BCUT2D eigenvalue weighted by molar-refractivity contribution is 5.96. The summed E-state index contributed by atoms with van der Waals surface area (Å²) >= 11 is 0. The molecular weight excluding hydrogens is 614 g/mol. The fourth-order valence-electron chi connectivity index (χ4n) is 4.61. The lowest BCUT2D eigenvalue weighted by atomic mass is 9.99. The first kappa shape index (κ1) is 31.0. The predicted molar refractivity (Wildman–Crippen MR) is 147 cm³/mol. The fraction of sp³-hybridized carbons (Fsp3) is 0.214. The van der Waals surface area contributed by atoms with Crippen molar-refractivity contribution in [3.8, 4) is 28.4 Å². The average Bonchev–Trinajstić information content (AvgIpc) is 3.59. The quantitative estimate of drug-likeness (QED) is 0.204. The molecule has 0 saturated heterocycles. The fourth-order valence-corrected chi connectivity index (χ4v) is 4.61. The maximum atomic E-state index is 15.4. The van der Waals surface area contributed by atoms with Crippen molar-refractivity contribution in [1.82, 2.24) is 24.3 Å². The molecule has 0 bridgehead atoms. The zero-order valence-electron chi connectivity index (χ0n) is 23.3. The van der Waals surface area contributed by atoms with Gasteiger partial charge in [0.25, 0.3) is 0 Å². The van der Waals surface area contributed by atoms with E-state index in [4.69, 9.17) is 9.47 Å². The number of imidazole rings is 1. The number of hydrogen-bond donors (Lipinski definition) is 2. The molecule has 0 spiro atoms. The van der Waals surface area contributed by atoms with Gasteiger partial charge in [-0.05, 0) is 54.1 Å². The lowest BCUT2D eigenvalue weighted by molar-refractivity contribution is -0.137. The molecule has 236 valence electrons. The van der Waals surface area contributed by atoms with Gasteiger partial charge in [0.15, 0.2) is 23.1 Å². The Kier molecular flexibility index (Phi) is 8.43. The molecule has 5 rings (SSSR count). The number of amides is 1. The Bertz CT molecular complexity index is 1900. The number of aryl methyl sites for hydroxylation is 1. The molecule has 17 heteroatoms. The summed E-state index contributed by atoms with van der Waals surface area (Å²) in [6, 6.07) is 8.54. The minimum atomic E-state index is -4.88. The summed E-state index contributed by atoms with van der Waals surface area (Å²) in [4.78, 5) is 28.8. The van der Waals surface area contributed by atoms with Crippen LogP contribution in [0, 0.1) is 5.82 Å². The van der Waals surface area contributed by atoms with E-state index in [9.17, 15) is 31.5 Å². The highest BCUT2D eigenvalue weighted by Gasteiger charge is 2.33. The first-order valence-electron chi connectivity index (χ1n) is 12.9. The number of carbonyl (C=O) groups is 1. The van der Waals surface area contributed by atoms with Crippen molar-refractivity contribution >= 4 is 22.6 Å². The van der Waals surface area contributed by atoms with Crippen LogP contribution in [0.3, 0.4) is 0 Å². The van der Waals surface area contributed by atoms with E-state index in [1.165, 1.54) is 50.8 Å². The summed E-state index contributed by atoms with van der Waals surface area (Å²) in [7, 11) is 2.51. The third-order valence-corrected chi connectivity index (χ3v) is 6.59. The molecular formula is C28H22F6N6O5. The van der Waals surface area contributed by atoms with Gasteiger partial charge in [-0.2, -0.15) is 22.0 Å². The van der Waals surface area contributed by atoms with Crippen LogP contribution < -0.4 is 25.2 Å². The van der Waals surface area contributed by atoms with Crippen LogP contribution in [0.1, 0.15) is 11.4 Å². The third kappa shape index (κ3) is 6.56. The van der Waals surface area contributed by atoms with Gasteiger partial charge in [0, 0.05) is 18.3 Å². The number of nitrogens with one attached hydrogen (secondary N) is 2. The average molecular weight is 637 g/mol. The Hall–Kier alpha value is -5.48. The van der Waals surface area contributed by atoms with Gasteiger partial charge in [-0.1, -0.05) is 0 Å². The second-order valence-electron chi connectivity index (χ2n) is 9.48. The molecule has 0 atom stereocenters. The Balaban J connectivity index is 1.54. The van der Waals surface area contributed by atoms with Crippen LogP contribution in [0.2, 0.25) is 0 Å². The summed E-state index contributed by atoms with van der Waals surface area (Å²) in [6.45, 7) is -3.98. The molecule has 5 aromatic rings. The topological polar surface area (TPSA) is 125 Å². The van der Waals surface area contributed by atoms with E-state index in [2.05, 4.69) is 25.2 Å². The Labute approximate surface area is 249 Å². The van der Waals surface area contributed by atoms with Crippen molar-refractivity contribution in [2.75, 3.05) is 12.4 Å². The summed E-state index contributed by atoms with van der Waals surface area (Å²) in [5.41, 5.74) is -2.37. The number of methoxy groups -OCH3 is 1. The molecule has 2 N–H and O–H groups in total. The lowest BCUT2D eigenvalue weighted by Crippen LogP contribution is -2.28. The van der Waals surface area contributed by atoms with E-state index in [1.807, 2.05) is 0 Å². The van der Waals surface area contributed by atoms with Crippen molar-refractivity contribution < 1.29 is 45.3 Å². The highest BCUT2D eigenvalue weighted by atomic mass is 19.4. The van der Waals surface area contributed by atoms with Crippen molar-refractivity contribution in [1.29, 1.82) is 0 Å². The standard InChI is InChI=1S/C28H22F6N6O5/c1-39-24-18(14-7-19(29)25(21(8-14)43-2)44-12-22-35-13-36-38-22)9-15(28(32,33)34)10-20(24)40(27(39)42)11-23(41)37-16-3-5-17(6-4-16)45-26(30)31/h3-10,13,26H,11-12H2,1-2H3,(H,37,41)(H,35,36,38). The summed E-state index contributed by atoms with van der Waals surface area (Å²) in [5.74, 6) is -2.14. The number of rotatable bonds is 10. The predicted octanol–water partition coefficient (Wildman–Crippen LogP) is 5.11. The molecule has 11 nitrogen and oxygen atoms in total. The molecule has 0 saturated carbocycles. The van der Waals surface area contributed by atoms with Gasteiger partial charge < -0.3 is 24.5 Å². The highest BCUT2D eigenvalue weighted by Crippen LogP contribution is 2.41. The molecule has 1 amide bonds. The maximum absolute atomic E-state index is 15.4. The van der Waals surface area contributed by atoms with Crippen molar-refractivity contribution in [2.45, 2.75) is 25.9 Å². The van der Waals surface area contributed by atoms with E-state index < -0.39 is 42.3 Å². The zero-order valence-corrected chi connectivity index (χ0v) is 23.3. The molecule has 0 unspecified atom stereocenters. The number of aromatic amines is 1. The number of halogens is 6. The smallest absolute Gasteiger partial charge is 0.416 e. The Morgan fingerprint density at radius 2 is 1.84 bits per heavy atom. The number of hydrogen-bond acceptors (Lipinski definition) is 7. The minimum absolute atomic E-state index is 0.0221. The number of fused-ring (bicyclic) bond motifs is 1. The molecule has 0 aliphatic rings. The van der Waals surface area contributed by atoms with Gasteiger partial charge in [0.2, 0.25) is 5.91 Å². The van der Waals surface area contributed by atoms with E-state index in [-0.39, 0.29) is 57.5 Å². The third-order valence-electron chi connectivity index (χ3n) is 6.59. The lowest BCUT2D eigenvalue weighted by Gasteiger charge is -2.15. The molecule has 45 heavy (non-hydrogen) atoms. The van der Waals surface area contributed by atoms with Crippen LogP contribution in [-0.4, -0.2) is 43.9 Å². The van der Waals surface area contributed by atoms with Crippen LogP contribution in [0.5, 0.6) is 17.2 Å². The monoisotopic (exact) mass is 636 g/mol. The molecule has 0 aliphatic heterocycles. The molecule has 0 radical (unpaired) electrons. The number of anilines is 1. The maximum Gasteiger partial charge on any atom is 0.416 e. The Morgan fingerprint density at radius 1 is 1.11 bits per heavy atom. The van der Waals surface area contributed by atoms with Gasteiger partial charge in [0.05, 0.1) is 23.7 Å². The van der Waals surface area contributed by atoms with Gasteiger partial charge in [-0.25, -0.2) is 9.18 Å². The van der Waals surface area contributed by atoms with Crippen LogP contribution >= 0.6 is 0 Å². The zero-order chi connectivity index (χ0) is 32.5. The van der Waals surface area contributed by atoms with Crippen molar-refractivity contribution in [2.24, 2.45) is 7.05 Å². The van der Waals surface area contributed by atoms with Gasteiger partial charge >= 0.3 is 18.5 Å².